The highest BCUT2D eigenvalue weighted by Crippen LogP contribution is 2.12. The number of pyridine rings is 1. The molecule has 0 aliphatic heterocycles. The van der Waals surface area contributed by atoms with Crippen LogP contribution in [0, 0.1) is 0 Å². The van der Waals surface area contributed by atoms with Crippen molar-refractivity contribution in [3.8, 4) is 0 Å². The van der Waals surface area contributed by atoms with Crippen molar-refractivity contribution in [3.63, 3.8) is 0 Å². The van der Waals surface area contributed by atoms with Crippen molar-refractivity contribution in [2.45, 2.75) is 0 Å². The molecule has 0 radical (unpaired) electrons. The minimum atomic E-state index is -1.07. The van der Waals surface area contributed by atoms with Gasteiger partial charge in [-0.25, -0.2) is 9.78 Å². The predicted molar refractivity (Wildman–Crippen MR) is 70.6 cm³/mol. The maximum Gasteiger partial charge on any atom is 0.337 e. The molecule has 0 fully saturated rings. The number of halogens is 1. The van der Waals surface area contributed by atoms with Gasteiger partial charge in [0, 0.05) is 16.8 Å². The van der Waals surface area contributed by atoms with E-state index < -0.39 is 5.97 Å². The van der Waals surface area contributed by atoms with Crippen LogP contribution in [0.15, 0.2) is 42.6 Å². The Kier molecular flexibility index (Phi) is 3.77. The summed E-state index contributed by atoms with van der Waals surface area (Å²) in [5.41, 5.74) is 0.456. The van der Waals surface area contributed by atoms with Crippen LogP contribution in [-0.4, -0.2) is 22.0 Å². The van der Waals surface area contributed by atoms with Crippen LogP contribution in [-0.2, 0) is 0 Å². The third kappa shape index (κ3) is 3.29. The van der Waals surface area contributed by atoms with Gasteiger partial charge in [-0.15, -0.1) is 0 Å². The van der Waals surface area contributed by atoms with Crippen molar-refractivity contribution in [2.24, 2.45) is 0 Å². The molecular formula is C13H9ClN2O3. The summed E-state index contributed by atoms with van der Waals surface area (Å²) < 4.78 is 0. The zero-order valence-electron chi connectivity index (χ0n) is 9.63. The fourth-order valence-electron chi connectivity index (χ4n) is 1.41. The van der Waals surface area contributed by atoms with E-state index >= 15 is 0 Å². The minimum Gasteiger partial charge on any atom is -0.478 e. The smallest absolute Gasteiger partial charge is 0.337 e. The summed E-state index contributed by atoms with van der Waals surface area (Å²) in [6.45, 7) is 0. The van der Waals surface area contributed by atoms with E-state index in [9.17, 15) is 9.59 Å². The van der Waals surface area contributed by atoms with Gasteiger partial charge < -0.3 is 10.4 Å². The van der Waals surface area contributed by atoms with Crippen molar-refractivity contribution < 1.29 is 14.7 Å². The predicted octanol–water partition coefficient (Wildman–Crippen LogP) is 2.69. The van der Waals surface area contributed by atoms with Gasteiger partial charge >= 0.3 is 5.97 Å². The normalized spacial score (nSPS) is 9.95. The topological polar surface area (TPSA) is 79.3 Å². The summed E-state index contributed by atoms with van der Waals surface area (Å²) in [5, 5.41) is 11.7. The molecule has 1 aromatic carbocycles. The first-order chi connectivity index (χ1) is 9.06. The molecule has 96 valence electrons. The molecule has 0 atom stereocenters. The van der Waals surface area contributed by atoms with E-state index in [-0.39, 0.29) is 17.3 Å². The van der Waals surface area contributed by atoms with E-state index in [1.165, 1.54) is 24.4 Å². The van der Waals surface area contributed by atoms with Gasteiger partial charge in [0.2, 0.25) is 0 Å². The first-order valence-corrected chi connectivity index (χ1v) is 5.70. The lowest BCUT2D eigenvalue weighted by atomic mass is 10.2. The number of carboxylic acids is 1. The van der Waals surface area contributed by atoms with Crippen molar-refractivity contribution >= 4 is 29.3 Å². The number of hydrogen-bond acceptors (Lipinski definition) is 3. The van der Waals surface area contributed by atoms with Crippen molar-refractivity contribution in [1.82, 2.24) is 4.98 Å². The molecule has 0 unspecified atom stereocenters. The second-order valence-electron chi connectivity index (χ2n) is 3.70. The highest BCUT2D eigenvalue weighted by molar-refractivity contribution is 6.31. The number of carbonyl (C=O) groups is 2. The Morgan fingerprint density at radius 1 is 1.16 bits per heavy atom. The monoisotopic (exact) mass is 276 g/mol. The second kappa shape index (κ2) is 5.49. The van der Waals surface area contributed by atoms with Gasteiger partial charge in [0.15, 0.2) is 0 Å². The van der Waals surface area contributed by atoms with Crippen LogP contribution < -0.4 is 5.32 Å². The summed E-state index contributed by atoms with van der Waals surface area (Å²) in [6.07, 6.45) is 1.18. The number of nitrogens with one attached hydrogen (secondary N) is 1. The minimum absolute atomic E-state index is 0.0563. The molecule has 0 bridgehead atoms. The van der Waals surface area contributed by atoms with Crippen LogP contribution in [0.5, 0.6) is 0 Å². The molecule has 2 N–H and O–H groups in total. The molecule has 2 aromatic rings. The summed E-state index contributed by atoms with van der Waals surface area (Å²) in [4.78, 5) is 26.4. The SMILES string of the molecule is O=C(O)c1ccc(NC(=O)c2cccc(Cl)c2)nc1. The quantitative estimate of drug-likeness (QED) is 0.903. The maximum atomic E-state index is 11.9. The first kappa shape index (κ1) is 13.0. The number of carboxylic acid groups (broad SMARTS) is 1. The van der Waals surface area contributed by atoms with Gasteiger partial charge in [-0.3, -0.25) is 4.79 Å². The summed E-state index contributed by atoms with van der Waals surface area (Å²) >= 11 is 5.79. The number of aromatic nitrogens is 1. The lowest BCUT2D eigenvalue weighted by Crippen LogP contribution is -2.13. The molecule has 2 rings (SSSR count). The number of amides is 1. The number of anilines is 1. The van der Waals surface area contributed by atoms with Gasteiger partial charge in [-0.05, 0) is 30.3 Å². The van der Waals surface area contributed by atoms with Crippen LogP contribution >= 0.6 is 11.6 Å². The van der Waals surface area contributed by atoms with Crippen molar-refractivity contribution in [1.29, 1.82) is 0 Å². The molecule has 0 saturated heterocycles. The van der Waals surface area contributed by atoms with E-state index in [1.807, 2.05) is 0 Å². The molecular weight excluding hydrogens is 268 g/mol. The van der Waals surface area contributed by atoms with Crippen LogP contribution in [0.4, 0.5) is 5.82 Å². The van der Waals surface area contributed by atoms with Crippen LogP contribution in [0.3, 0.4) is 0 Å². The number of benzene rings is 1. The zero-order valence-corrected chi connectivity index (χ0v) is 10.4. The van der Waals surface area contributed by atoms with E-state index in [1.54, 1.807) is 18.2 Å². The zero-order chi connectivity index (χ0) is 13.8. The highest BCUT2D eigenvalue weighted by atomic mass is 35.5. The van der Waals surface area contributed by atoms with Gasteiger partial charge in [0.1, 0.15) is 5.82 Å². The van der Waals surface area contributed by atoms with E-state index in [2.05, 4.69) is 10.3 Å². The second-order valence-corrected chi connectivity index (χ2v) is 4.14. The third-order valence-electron chi connectivity index (χ3n) is 2.34. The molecule has 0 aliphatic rings. The lowest BCUT2D eigenvalue weighted by Gasteiger charge is -2.04. The third-order valence-corrected chi connectivity index (χ3v) is 2.57. The standard InChI is InChI=1S/C13H9ClN2O3/c14-10-3-1-2-8(6-10)12(17)16-11-5-4-9(7-15-11)13(18)19/h1-7H,(H,18,19)(H,15,16,17). The van der Waals surface area contributed by atoms with E-state index in [0.717, 1.165) is 0 Å². The van der Waals surface area contributed by atoms with Crippen LogP contribution in [0.25, 0.3) is 0 Å². The number of rotatable bonds is 3. The Labute approximate surface area is 113 Å². The molecule has 1 aromatic heterocycles. The first-order valence-electron chi connectivity index (χ1n) is 5.32. The average molecular weight is 277 g/mol. The van der Waals surface area contributed by atoms with E-state index in [4.69, 9.17) is 16.7 Å². The largest absolute Gasteiger partial charge is 0.478 e. The molecule has 0 saturated carbocycles. The number of hydrogen-bond donors (Lipinski definition) is 2. The fourth-order valence-corrected chi connectivity index (χ4v) is 1.60. The Balaban J connectivity index is 2.13. The molecule has 1 heterocycles. The number of carbonyl (C=O) groups excluding carboxylic acids is 1. The maximum absolute atomic E-state index is 11.9. The molecule has 0 aliphatic carbocycles. The molecule has 1 amide bonds. The molecule has 5 nitrogen and oxygen atoms in total. The summed E-state index contributed by atoms with van der Waals surface area (Å²) in [6, 6.07) is 9.26. The van der Waals surface area contributed by atoms with Crippen LogP contribution in [0.1, 0.15) is 20.7 Å². The van der Waals surface area contributed by atoms with Gasteiger partial charge in [0.05, 0.1) is 5.56 Å². The highest BCUT2D eigenvalue weighted by Gasteiger charge is 2.08. The van der Waals surface area contributed by atoms with Crippen molar-refractivity contribution in [3.05, 3.63) is 58.7 Å². The Morgan fingerprint density at radius 2 is 1.95 bits per heavy atom. The molecule has 6 heteroatoms. The number of aromatic carboxylic acids is 1. The average Bonchev–Trinajstić information content (AvgIpc) is 2.39. The van der Waals surface area contributed by atoms with Gasteiger partial charge in [0.25, 0.3) is 5.91 Å². The van der Waals surface area contributed by atoms with Gasteiger partial charge in [-0.1, -0.05) is 17.7 Å². The summed E-state index contributed by atoms with van der Waals surface area (Å²) in [7, 11) is 0. The Hall–Kier alpha value is -2.40. The van der Waals surface area contributed by atoms with Crippen molar-refractivity contribution in [2.75, 3.05) is 5.32 Å². The fraction of sp³-hybridized carbons (Fsp3) is 0. The molecule has 0 spiro atoms. The van der Waals surface area contributed by atoms with Crippen LogP contribution in [0.2, 0.25) is 5.02 Å². The number of nitrogens with zero attached hydrogens (tertiary/aromatic N) is 1. The summed E-state index contributed by atoms with van der Waals surface area (Å²) in [5.74, 6) is -1.16. The van der Waals surface area contributed by atoms with Gasteiger partial charge in [-0.2, -0.15) is 0 Å². The lowest BCUT2D eigenvalue weighted by molar-refractivity contribution is 0.0696. The van der Waals surface area contributed by atoms with E-state index in [0.29, 0.717) is 10.6 Å². The Morgan fingerprint density at radius 3 is 2.53 bits per heavy atom. The Bertz CT molecular complexity index is 626. The molecule has 19 heavy (non-hydrogen) atoms.